The molecule has 0 aliphatic carbocycles. The van der Waals surface area contributed by atoms with Crippen molar-refractivity contribution in [1.82, 2.24) is 10.2 Å². The van der Waals surface area contributed by atoms with E-state index >= 15 is 0 Å². The highest BCUT2D eigenvalue weighted by atomic mass is 32.1. The van der Waals surface area contributed by atoms with Crippen LogP contribution in [0.1, 0.15) is 20.8 Å². The quantitative estimate of drug-likeness (QED) is 0.888. The lowest BCUT2D eigenvalue weighted by Crippen LogP contribution is -2.28. The normalized spacial score (nSPS) is 10.1. The average Bonchev–Trinajstić information content (AvgIpc) is 2.97. The molecule has 5 nitrogen and oxygen atoms in total. The molecular weight excluding hydrogens is 286 g/mol. The summed E-state index contributed by atoms with van der Waals surface area (Å²) in [5.41, 5.74) is 6.53. The van der Waals surface area contributed by atoms with Crippen molar-refractivity contribution in [3.05, 3.63) is 57.8 Å². The number of thiophene rings is 1. The minimum atomic E-state index is -0.564. The fourth-order valence-corrected chi connectivity index (χ4v) is 2.64. The van der Waals surface area contributed by atoms with Crippen LogP contribution >= 0.6 is 11.3 Å². The summed E-state index contributed by atoms with van der Waals surface area (Å²) in [6.45, 7) is 0.955. The van der Waals surface area contributed by atoms with E-state index in [9.17, 15) is 9.59 Å². The van der Waals surface area contributed by atoms with Crippen molar-refractivity contribution >= 4 is 23.3 Å². The van der Waals surface area contributed by atoms with Gasteiger partial charge in [0.15, 0.2) is 0 Å². The number of amides is 3. The van der Waals surface area contributed by atoms with Crippen molar-refractivity contribution < 1.29 is 9.59 Å². The molecule has 0 radical (unpaired) electrons. The number of nitrogens with zero attached hydrogens (tertiary/aromatic N) is 1. The van der Waals surface area contributed by atoms with Gasteiger partial charge in [0.1, 0.15) is 0 Å². The molecule has 0 aliphatic rings. The van der Waals surface area contributed by atoms with Crippen LogP contribution < -0.4 is 11.1 Å². The second-order valence-corrected chi connectivity index (χ2v) is 5.69. The Kier molecular flexibility index (Phi) is 4.94. The van der Waals surface area contributed by atoms with Gasteiger partial charge in [-0.25, -0.2) is 4.79 Å². The number of rotatable bonds is 5. The van der Waals surface area contributed by atoms with Crippen LogP contribution in [0.5, 0.6) is 0 Å². The summed E-state index contributed by atoms with van der Waals surface area (Å²) < 4.78 is 0. The van der Waals surface area contributed by atoms with E-state index in [-0.39, 0.29) is 5.91 Å². The van der Waals surface area contributed by atoms with E-state index < -0.39 is 6.03 Å². The van der Waals surface area contributed by atoms with Crippen LogP contribution in [0.3, 0.4) is 0 Å². The summed E-state index contributed by atoms with van der Waals surface area (Å²) in [4.78, 5) is 25.8. The molecule has 1 aromatic heterocycles. The van der Waals surface area contributed by atoms with Gasteiger partial charge in [0.25, 0.3) is 5.91 Å². The Hall–Kier alpha value is -2.34. The van der Waals surface area contributed by atoms with Crippen molar-refractivity contribution in [3.8, 4) is 0 Å². The maximum Gasteiger partial charge on any atom is 0.312 e. The van der Waals surface area contributed by atoms with Gasteiger partial charge in [-0.2, -0.15) is 0 Å². The van der Waals surface area contributed by atoms with Gasteiger partial charge in [0, 0.05) is 24.0 Å². The molecule has 2 rings (SSSR count). The first kappa shape index (κ1) is 15.1. The number of benzene rings is 1. The van der Waals surface area contributed by atoms with Gasteiger partial charge in [0.2, 0.25) is 0 Å². The zero-order chi connectivity index (χ0) is 15.2. The van der Waals surface area contributed by atoms with Crippen LogP contribution in [0, 0.1) is 0 Å². The van der Waals surface area contributed by atoms with Crippen molar-refractivity contribution in [1.29, 1.82) is 0 Å². The van der Waals surface area contributed by atoms with Crippen molar-refractivity contribution in [2.75, 3.05) is 7.05 Å². The van der Waals surface area contributed by atoms with Crippen LogP contribution in [-0.4, -0.2) is 23.9 Å². The first-order valence-corrected chi connectivity index (χ1v) is 7.34. The number of carbonyl (C=O) groups excluding carboxylic acids is 2. The van der Waals surface area contributed by atoms with E-state index in [1.54, 1.807) is 35.4 Å². The highest BCUT2D eigenvalue weighted by Crippen LogP contribution is 2.13. The molecule has 2 aromatic rings. The first-order chi connectivity index (χ1) is 10.1. The lowest BCUT2D eigenvalue weighted by molar-refractivity contribution is 0.0786. The Labute approximate surface area is 127 Å². The van der Waals surface area contributed by atoms with Crippen molar-refractivity contribution in [2.45, 2.75) is 13.1 Å². The Morgan fingerprint density at radius 1 is 1.24 bits per heavy atom. The average molecular weight is 303 g/mol. The topological polar surface area (TPSA) is 75.4 Å². The summed E-state index contributed by atoms with van der Waals surface area (Å²) in [7, 11) is 1.78. The molecule has 0 bridgehead atoms. The summed E-state index contributed by atoms with van der Waals surface area (Å²) in [6.07, 6.45) is 0. The summed E-state index contributed by atoms with van der Waals surface area (Å²) in [5.74, 6) is -0.0298. The SMILES string of the molecule is CN(Cc1cccs1)C(=O)c1ccc(CNC(N)=O)cc1. The molecule has 0 saturated carbocycles. The predicted octanol–water partition coefficient (Wildman–Crippen LogP) is 2.19. The number of nitrogens with one attached hydrogen (secondary N) is 1. The standard InChI is InChI=1S/C15H17N3O2S/c1-18(10-13-3-2-8-21-13)14(19)12-6-4-11(5-7-12)9-17-15(16)20/h2-8H,9-10H2,1H3,(H3,16,17,20). The number of primary amides is 1. The van der Waals surface area contributed by atoms with Crippen LogP contribution in [-0.2, 0) is 13.1 Å². The molecule has 1 heterocycles. The number of hydrogen-bond acceptors (Lipinski definition) is 3. The van der Waals surface area contributed by atoms with Gasteiger partial charge in [0.05, 0.1) is 6.54 Å². The minimum absolute atomic E-state index is 0.0298. The molecule has 6 heteroatoms. The van der Waals surface area contributed by atoms with Crippen molar-refractivity contribution in [3.63, 3.8) is 0 Å². The van der Waals surface area contributed by atoms with E-state index in [2.05, 4.69) is 5.32 Å². The maximum absolute atomic E-state index is 12.3. The smallest absolute Gasteiger partial charge is 0.312 e. The van der Waals surface area contributed by atoms with E-state index in [1.165, 1.54) is 0 Å². The Bertz CT molecular complexity index is 608. The molecule has 3 amide bonds. The van der Waals surface area contributed by atoms with Crippen LogP contribution in [0.2, 0.25) is 0 Å². The molecule has 1 aromatic carbocycles. The van der Waals surface area contributed by atoms with E-state index in [1.807, 2.05) is 29.6 Å². The molecular formula is C15H17N3O2S. The van der Waals surface area contributed by atoms with Gasteiger partial charge in [-0.3, -0.25) is 4.79 Å². The monoisotopic (exact) mass is 303 g/mol. The second-order valence-electron chi connectivity index (χ2n) is 4.66. The van der Waals surface area contributed by atoms with Crippen molar-refractivity contribution in [2.24, 2.45) is 5.73 Å². The largest absolute Gasteiger partial charge is 0.352 e. The number of nitrogens with two attached hydrogens (primary N) is 1. The van der Waals surface area contributed by atoms with Crippen LogP contribution in [0.4, 0.5) is 4.79 Å². The van der Waals surface area contributed by atoms with Gasteiger partial charge >= 0.3 is 6.03 Å². The Morgan fingerprint density at radius 2 is 1.95 bits per heavy atom. The molecule has 0 unspecified atom stereocenters. The van der Waals surface area contributed by atoms with E-state index in [0.29, 0.717) is 18.7 Å². The van der Waals surface area contributed by atoms with Gasteiger partial charge < -0.3 is 16.0 Å². The highest BCUT2D eigenvalue weighted by Gasteiger charge is 2.12. The van der Waals surface area contributed by atoms with E-state index in [4.69, 9.17) is 5.73 Å². The highest BCUT2D eigenvalue weighted by molar-refractivity contribution is 7.09. The number of hydrogen-bond donors (Lipinski definition) is 2. The predicted molar refractivity (Wildman–Crippen MR) is 83.0 cm³/mol. The third-order valence-corrected chi connectivity index (χ3v) is 3.85. The fourth-order valence-electron chi connectivity index (χ4n) is 1.88. The van der Waals surface area contributed by atoms with Gasteiger partial charge in [-0.15, -0.1) is 11.3 Å². The molecule has 21 heavy (non-hydrogen) atoms. The summed E-state index contributed by atoms with van der Waals surface area (Å²) in [5, 5.41) is 4.50. The Balaban J connectivity index is 1.97. The van der Waals surface area contributed by atoms with Gasteiger partial charge in [-0.1, -0.05) is 18.2 Å². The first-order valence-electron chi connectivity index (χ1n) is 6.46. The molecule has 0 saturated heterocycles. The molecule has 110 valence electrons. The second kappa shape index (κ2) is 6.90. The zero-order valence-electron chi connectivity index (χ0n) is 11.7. The molecule has 0 atom stereocenters. The molecule has 0 aliphatic heterocycles. The molecule has 0 spiro atoms. The number of carbonyl (C=O) groups is 2. The minimum Gasteiger partial charge on any atom is -0.352 e. The zero-order valence-corrected chi connectivity index (χ0v) is 12.5. The maximum atomic E-state index is 12.3. The van der Waals surface area contributed by atoms with Gasteiger partial charge in [-0.05, 0) is 29.1 Å². The third kappa shape index (κ3) is 4.32. The molecule has 3 N–H and O–H groups in total. The summed E-state index contributed by atoms with van der Waals surface area (Å²) in [6, 6.07) is 10.5. The fraction of sp³-hybridized carbons (Fsp3) is 0.200. The lowest BCUT2D eigenvalue weighted by atomic mass is 10.1. The Morgan fingerprint density at radius 3 is 2.52 bits per heavy atom. The number of urea groups is 1. The molecule has 0 fully saturated rings. The lowest BCUT2D eigenvalue weighted by Gasteiger charge is -2.16. The van der Waals surface area contributed by atoms with Crippen LogP contribution in [0.25, 0.3) is 0 Å². The van der Waals surface area contributed by atoms with Crippen LogP contribution in [0.15, 0.2) is 41.8 Å². The summed E-state index contributed by atoms with van der Waals surface area (Å²) >= 11 is 1.63. The van der Waals surface area contributed by atoms with E-state index in [0.717, 1.165) is 10.4 Å². The third-order valence-electron chi connectivity index (χ3n) is 2.99.